The van der Waals surface area contributed by atoms with E-state index in [1.807, 2.05) is 0 Å². The first-order valence-corrected chi connectivity index (χ1v) is 11.0. The van der Waals surface area contributed by atoms with E-state index in [2.05, 4.69) is 19.1 Å². The summed E-state index contributed by atoms with van der Waals surface area (Å²) in [5.74, 6) is 0. The van der Waals surface area contributed by atoms with Gasteiger partial charge in [-0.05, 0) is 26.2 Å². The smallest absolute Gasteiger partial charge is 0.111 e. The molecule has 0 amide bonds. The average molecular weight is 387 g/mol. The number of aliphatic hydroxyl groups excluding tert-OH is 3. The van der Waals surface area contributed by atoms with E-state index < -0.39 is 24.4 Å². The van der Waals surface area contributed by atoms with Gasteiger partial charge in [0.1, 0.15) is 24.4 Å². The van der Waals surface area contributed by atoms with Crippen LogP contribution >= 0.6 is 0 Å². The second-order valence-corrected chi connectivity index (χ2v) is 7.69. The summed E-state index contributed by atoms with van der Waals surface area (Å²) in [4.78, 5) is 0. The minimum atomic E-state index is -1.08. The Kier molecular flexibility index (Phi) is 15.0. The first-order valence-electron chi connectivity index (χ1n) is 11.0. The Labute approximate surface area is 165 Å². The first kappa shape index (κ1) is 24.6. The lowest BCUT2D eigenvalue weighted by molar-refractivity contribution is -0.208. The molecule has 1 rings (SSSR count). The van der Waals surface area contributed by atoms with Crippen molar-refractivity contribution in [3.8, 4) is 0 Å². The first-order chi connectivity index (χ1) is 13.2. The Balaban J connectivity index is 1.84. The summed E-state index contributed by atoms with van der Waals surface area (Å²) in [6.45, 7) is 2.59. The summed E-state index contributed by atoms with van der Waals surface area (Å²) in [5, 5.41) is 28.8. The second kappa shape index (κ2) is 16.5. The lowest BCUT2D eigenvalue weighted by Crippen LogP contribution is -2.55. The quantitative estimate of drug-likeness (QED) is 0.278. The summed E-state index contributed by atoms with van der Waals surface area (Å²) < 4.78 is 11.0. The predicted octanol–water partition coefficient (Wildman–Crippen LogP) is 3.74. The van der Waals surface area contributed by atoms with Crippen molar-refractivity contribution in [1.29, 1.82) is 0 Å². The van der Waals surface area contributed by atoms with Gasteiger partial charge in [0.05, 0.1) is 13.2 Å². The molecule has 1 fully saturated rings. The van der Waals surface area contributed by atoms with Crippen molar-refractivity contribution >= 4 is 0 Å². The maximum absolute atomic E-state index is 9.99. The van der Waals surface area contributed by atoms with E-state index in [4.69, 9.17) is 14.6 Å². The van der Waals surface area contributed by atoms with Gasteiger partial charge in [0.25, 0.3) is 0 Å². The van der Waals surface area contributed by atoms with Crippen molar-refractivity contribution in [3.63, 3.8) is 0 Å². The van der Waals surface area contributed by atoms with Gasteiger partial charge in [0, 0.05) is 6.61 Å². The van der Waals surface area contributed by atoms with Gasteiger partial charge in [-0.15, -0.1) is 0 Å². The molecule has 0 unspecified atom stereocenters. The zero-order valence-corrected chi connectivity index (χ0v) is 17.2. The zero-order valence-electron chi connectivity index (χ0n) is 17.2. The highest BCUT2D eigenvalue weighted by atomic mass is 16.6. The van der Waals surface area contributed by atoms with E-state index in [0.29, 0.717) is 6.61 Å². The van der Waals surface area contributed by atoms with E-state index in [0.717, 1.165) is 12.8 Å². The molecule has 0 bridgehead atoms. The number of hydrogen-bond donors (Lipinski definition) is 3. The number of rotatable bonds is 16. The van der Waals surface area contributed by atoms with Gasteiger partial charge >= 0.3 is 0 Å². The van der Waals surface area contributed by atoms with Gasteiger partial charge in [-0.3, -0.25) is 0 Å². The molecule has 0 spiro atoms. The molecule has 0 aromatic rings. The Hall–Kier alpha value is -0.460. The summed E-state index contributed by atoms with van der Waals surface area (Å²) in [6, 6.07) is 0. The molecule has 1 aliphatic heterocycles. The molecular formula is C22H42O5. The van der Waals surface area contributed by atoms with Crippen molar-refractivity contribution in [2.75, 3.05) is 19.8 Å². The Morgan fingerprint density at radius 1 is 0.852 bits per heavy atom. The number of ether oxygens (including phenoxy) is 2. The average Bonchev–Trinajstić information content (AvgIpc) is 2.68. The summed E-state index contributed by atoms with van der Waals surface area (Å²) in [5.41, 5.74) is 0. The van der Waals surface area contributed by atoms with E-state index in [9.17, 15) is 10.2 Å². The van der Waals surface area contributed by atoms with Crippen LogP contribution in [0.4, 0.5) is 0 Å². The Morgan fingerprint density at radius 3 is 1.96 bits per heavy atom. The van der Waals surface area contributed by atoms with Crippen molar-refractivity contribution < 1.29 is 24.8 Å². The topological polar surface area (TPSA) is 79.2 Å². The van der Waals surface area contributed by atoms with Crippen LogP contribution in [0, 0.1) is 0 Å². The molecule has 0 aromatic heterocycles. The zero-order chi connectivity index (χ0) is 19.7. The van der Waals surface area contributed by atoms with Gasteiger partial charge in [-0.2, -0.15) is 0 Å². The molecule has 1 saturated heterocycles. The largest absolute Gasteiger partial charge is 0.394 e. The summed E-state index contributed by atoms with van der Waals surface area (Å²) in [6.07, 6.45) is 16.4. The molecule has 27 heavy (non-hydrogen) atoms. The molecule has 0 aliphatic carbocycles. The van der Waals surface area contributed by atoms with E-state index in [-0.39, 0.29) is 13.2 Å². The van der Waals surface area contributed by atoms with E-state index >= 15 is 0 Å². The SMILES string of the molecule is C/C=C/CCCCCCCCCCCCCO[C@H]1CO[C@H](CO)[C@@H](O)[C@@H]1O. The van der Waals surface area contributed by atoms with Gasteiger partial charge in [-0.1, -0.05) is 69.9 Å². The van der Waals surface area contributed by atoms with E-state index in [1.165, 1.54) is 64.2 Å². The minimum absolute atomic E-state index is 0.221. The van der Waals surface area contributed by atoms with Gasteiger partial charge in [0.2, 0.25) is 0 Å². The standard InChI is InChI=1S/C22H42O5/c1-2-3-4-5-6-7-8-9-10-11-12-13-14-15-16-26-20-18-27-19(17-23)21(24)22(20)25/h2-3,19-25H,4-18H2,1H3/b3-2+/t19-,20+,21-,22-/m1/s1. The molecule has 4 atom stereocenters. The van der Waals surface area contributed by atoms with Crippen LogP contribution in [0.15, 0.2) is 12.2 Å². The van der Waals surface area contributed by atoms with Gasteiger partial charge in [0.15, 0.2) is 0 Å². The van der Waals surface area contributed by atoms with Crippen LogP contribution in [0.2, 0.25) is 0 Å². The van der Waals surface area contributed by atoms with Crippen LogP contribution in [0.3, 0.4) is 0 Å². The Morgan fingerprint density at radius 2 is 1.41 bits per heavy atom. The fourth-order valence-corrected chi connectivity index (χ4v) is 3.52. The van der Waals surface area contributed by atoms with E-state index in [1.54, 1.807) is 0 Å². The molecule has 0 aromatic carbocycles. The molecular weight excluding hydrogens is 344 g/mol. The maximum atomic E-state index is 9.99. The molecule has 3 N–H and O–H groups in total. The Bertz CT molecular complexity index is 361. The van der Waals surface area contributed by atoms with Gasteiger partial charge < -0.3 is 24.8 Å². The van der Waals surface area contributed by atoms with Crippen molar-refractivity contribution in [3.05, 3.63) is 12.2 Å². The number of allylic oxidation sites excluding steroid dienone is 2. The third-order valence-electron chi connectivity index (χ3n) is 5.35. The van der Waals surface area contributed by atoms with Crippen LogP contribution in [-0.2, 0) is 9.47 Å². The lowest BCUT2D eigenvalue weighted by atomic mass is 10.0. The van der Waals surface area contributed by atoms with Crippen LogP contribution in [0.25, 0.3) is 0 Å². The van der Waals surface area contributed by atoms with Crippen molar-refractivity contribution in [2.45, 2.75) is 108 Å². The maximum Gasteiger partial charge on any atom is 0.111 e. The number of aliphatic hydroxyl groups is 3. The van der Waals surface area contributed by atoms with Crippen LogP contribution in [0.5, 0.6) is 0 Å². The van der Waals surface area contributed by atoms with Crippen LogP contribution < -0.4 is 0 Å². The lowest BCUT2D eigenvalue weighted by Gasteiger charge is -2.36. The normalized spacial score (nSPS) is 26.1. The van der Waals surface area contributed by atoms with Crippen molar-refractivity contribution in [2.24, 2.45) is 0 Å². The molecule has 1 aliphatic rings. The predicted molar refractivity (Wildman–Crippen MR) is 109 cm³/mol. The molecule has 1 heterocycles. The third-order valence-corrected chi connectivity index (χ3v) is 5.35. The molecule has 0 radical (unpaired) electrons. The van der Waals surface area contributed by atoms with Crippen LogP contribution in [-0.4, -0.2) is 59.6 Å². The summed E-state index contributed by atoms with van der Waals surface area (Å²) >= 11 is 0. The highest BCUT2D eigenvalue weighted by Crippen LogP contribution is 2.18. The molecule has 5 nitrogen and oxygen atoms in total. The summed E-state index contributed by atoms with van der Waals surface area (Å²) in [7, 11) is 0. The third kappa shape index (κ3) is 11.2. The second-order valence-electron chi connectivity index (χ2n) is 7.69. The monoisotopic (exact) mass is 386 g/mol. The molecule has 5 heteroatoms. The fourth-order valence-electron chi connectivity index (χ4n) is 3.52. The minimum Gasteiger partial charge on any atom is -0.394 e. The van der Waals surface area contributed by atoms with Gasteiger partial charge in [-0.25, -0.2) is 0 Å². The number of hydrogen-bond acceptors (Lipinski definition) is 5. The molecule has 0 saturated carbocycles. The van der Waals surface area contributed by atoms with Crippen LogP contribution in [0.1, 0.15) is 84.0 Å². The van der Waals surface area contributed by atoms with Crippen molar-refractivity contribution in [1.82, 2.24) is 0 Å². The molecule has 160 valence electrons. The highest BCUT2D eigenvalue weighted by Gasteiger charge is 2.38. The number of unbranched alkanes of at least 4 members (excludes halogenated alkanes) is 11. The fraction of sp³-hybridized carbons (Fsp3) is 0.909. The highest BCUT2D eigenvalue weighted by molar-refractivity contribution is 4.87.